The third kappa shape index (κ3) is 2.76. The van der Waals surface area contributed by atoms with Gasteiger partial charge in [0.25, 0.3) is 5.91 Å². The molecule has 0 unspecified atom stereocenters. The maximum Gasteiger partial charge on any atom is 0.323 e. The summed E-state index contributed by atoms with van der Waals surface area (Å²) < 4.78 is 0. The summed E-state index contributed by atoms with van der Waals surface area (Å²) in [6.45, 7) is 3.81. The van der Waals surface area contributed by atoms with Gasteiger partial charge in [-0.15, -0.1) is 0 Å². The Labute approximate surface area is 110 Å². The highest BCUT2D eigenvalue weighted by molar-refractivity contribution is 5.99. The van der Waals surface area contributed by atoms with E-state index in [-0.39, 0.29) is 12.5 Å². The second-order valence-corrected chi connectivity index (χ2v) is 4.49. The summed E-state index contributed by atoms with van der Waals surface area (Å²) in [7, 11) is 0. The number of nitrogens with one attached hydrogen (secondary N) is 1. The van der Waals surface area contributed by atoms with Gasteiger partial charge in [0, 0.05) is 17.4 Å². The zero-order valence-electron chi connectivity index (χ0n) is 10.9. The molecule has 0 bridgehead atoms. The monoisotopic (exact) mass is 260 g/mol. The minimum absolute atomic E-state index is 0.288. The van der Waals surface area contributed by atoms with Crippen LogP contribution >= 0.6 is 0 Å². The molecular weight excluding hydrogens is 244 g/mol. The van der Waals surface area contributed by atoms with E-state index in [4.69, 9.17) is 5.11 Å². The van der Waals surface area contributed by atoms with Gasteiger partial charge < -0.3 is 15.0 Å². The van der Waals surface area contributed by atoms with Crippen LogP contribution in [0.4, 0.5) is 0 Å². The fraction of sp³-hybridized carbons (Fsp3) is 0.286. The maximum atomic E-state index is 12.2. The third-order valence-electron chi connectivity index (χ3n) is 3.00. The third-order valence-corrected chi connectivity index (χ3v) is 3.00. The molecule has 0 aliphatic rings. The summed E-state index contributed by atoms with van der Waals surface area (Å²) in [4.78, 5) is 27.2. The fourth-order valence-electron chi connectivity index (χ4n) is 2.02. The van der Waals surface area contributed by atoms with E-state index in [1.165, 1.54) is 4.90 Å². The summed E-state index contributed by atoms with van der Waals surface area (Å²) in [6, 6.07) is 7.62. The molecule has 0 aliphatic heterocycles. The van der Waals surface area contributed by atoms with Gasteiger partial charge in [0.05, 0.1) is 0 Å². The van der Waals surface area contributed by atoms with Crippen molar-refractivity contribution in [3.63, 3.8) is 0 Å². The Morgan fingerprint density at radius 2 is 2.05 bits per heavy atom. The number of benzene rings is 1. The molecule has 0 saturated carbocycles. The predicted octanol–water partition coefficient (Wildman–Crippen LogP) is 2.02. The highest BCUT2D eigenvalue weighted by Gasteiger charge is 2.18. The molecular formula is C14H16N2O3. The van der Waals surface area contributed by atoms with E-state index in [0.29, 0.717) is 12.2 Å². The number of fused-ring (bicyclic) bond motifs is 1. The maximum absolute atomic E-state index is 12.2. The summed E-state index contributed by atoms with van der Waals surface area (Å²) in [5.74, 6) is -1.30. The fourth-order valence-corrected chi connectivity index (χ4v) is 2.02. The lowest BCUT2D eigenvalue weighted by atomic mass is 10.2. The van der Waals surface area contributed by atoms with E-state index in [2.05, 4.69) is 4.98 Å². The normalized spacial score (nSPS) is 10.6. The number of carbonyl (C=O) groups excluding carboxylic acids is 1. The molecule has 2 N–H and O–H groups in total. The van der Waals surface area contributed by atoms with Crippen molar-refractivity contribution in [2.45, 2.75) is 13.8 Å². The number of hydrogen-bond donors (Lipinski definition) is 2. The van der Waals surface area contributed by atoms with Crippen LogP contribution in [0.15, 0.2) is 24.3 Å². The number of hydrogen-bond acceptors (Lipinski definition) is 2. The van der Waals surface area contributed by atoms with Crippen molar-refractivity contribution in [2.75, 3.05) is 13.1 Å². The molecule has 0 fully saturated rings. The van der Waals surface area contributed by atoms with E-state index in [9.17, 15) is 9.59 Å². The molecule has 2 rings (SSSR count). The largest absolute Gasteiger partial charge is 0.480 e. The Balaban J connectivity index is 2.32. The van der Waals surface area contributed by atoms with Crippen LogP contribution in [0.2, 0.25) is 0 Å². The zero-order chi connectivity index (χ0) is 14.0. The number of aryl methyl sites for hydroxylation is 1. The summed E-state index contributed by atoms with van der Waals surface area (Å²) in [5, 5.41) is 9.73. The van der Waals surface area contributed by atoms with Gasteiger partial charge in [-0.05, 0) is 31.5 Å². The number of rotatable bonds is 4. The van der Waals surface area contributed by atoms with E-state index in [1.54, 1.807) is 13.0 Å². The number of aliphatic carboxylic acids is 1. The molecule has 5 nitrogen and oxygen atoms in total. The highest BCUT2D eigenvalue weighted by Crippen LogP contribution is 2.18. The molecule has 0 aliphatic carbocycles. The standard InChI is InChI=1S/C14H16N2O3/c1-3-16(8-13(17)18)14(19)12-7-10-5-4-9(2)6-11(10)15-12/h4-7,15H,3,8H2,1-2H3,(H,17,18). The predicted molar refractivity (Wildman–Crippen MR) is 72.2 cm³/mol. The zero-order valence-corrected chi connectivity index (χ0v) is 10.9. The van der Waals surface area contributed by atoms with Gasteiger partial charge in [-0.25, -0.2) is 0 Å². The molecule has 0 radical (unpaired) electrons. The van der Waals surface area contributed by atoms with Crippen molar-refractivity contribution >= 4 is 22.8 Å². The molecule has 2 aromatic rings. The van der Waals surface area contributed by atoms with E-state index < -0.39 is 5.97 Å². The van der Waals surface area contributed by atoms with Gasteiger partial charge in [-0.2, -0.15) is 0 Å². The molecule has 0 saturated heterocycles. The van der Waals surface area contributed by atoms with Gasteiger partial charge in [0.15, 0.2) is 0 Å². The van der Waals surface area contributed by atoms with Crippen LogP contribution in [0.3, 0.4) is 0 Å². The van der Waals surface area contributed by atoms with Crippen LogP contribution in [0, 0.1) is 6.92 Å². The Hall–Kier alpha value is -2.30. The molecule has 1 aromatic heterocycles. The Morgan fingerprint density at radius 3 is 2.68 bits per heavy atom. The van der Waals surface area contributed by atoms with Gasteiger partial charge in [-0.3, -0.25) is 9.59 Å². The van der Waals surface area contributed by atoms with Crippen molar-refractivity contribution in [1.82, 2.24) is 9.88 Å². The number of aromatic amines is 1. The van der Waals surface area contributed by atoms with Crippen molar-refractivity contribution in [2.24, 2.45) is 0 Å². The number of H-pyrrole nitrogens is 1. The van der Waals surface area contributed by atoms with Crippen LogP contribution in [0.1, 0.15) is 23.0 Å². The molecule has 100 valence electrons. The first-order valence-electron chi connectivity index (χ1n) is 6.11. The average molecular weight is 260 g/mol. The summed E-state index contributed by atoms with van der Waals surface area (Å²) >= 11 is 0. The second kappa shape index (κ2) is 5.14. The van der Waals surface area contributed by atoms with Crippen molar-refractivity contribution in [3.8, 4) is 0 Å². The van der Waals surface area contributed by atoms with Crippen molar-refractivity contribution in [3.05, 3.63) is 35.5 Å². The van der Waals surface area contributed by atoms with Crippen LogP contribution in [-0.4, -0.2) is 40.0 Å². The van der Waals surface area contributed by atoms with Crippen LogP contribution < -0.4 is 0 Å². The van der Waals surface area contributed by atoms with E-state index in [0.717, 1.165) is 16.5 Å². The van der Waals surface area contributed by atoms with Crippen LogP contribution in [-0.2, 0) is 4.79 Å². The summed E-state index contributed by atoms with van der Waals surface area (Å²) in [6.07, 6.45) is 0. The smallest absolute Gasteiger partial charge is 0.323 e. The van der Waals surface area contributed by atoms with Gasteiger partial charge in [-0.1, -0.05) is 12.1 Å². The Morgan fingerprint density at radius 1 is 1.32 bits per heavy atom. The highest BCUT2D eigenvalue weighted by atomic mass is 16.4. The topological polar surface area (TPSA) is 73.4 Å². The molecule has 1 heterocycles. The Bertz CT molecular complexity index is 631. The van der Waals surface area contributed by atoms with Crippen LogP contribution in [0.25, 0.3) is 10.9 Å². The quantitative estimate of drug-likeness (QED) is 0.883. The lowest BCUT2D eigenvalue weighted by Gasteiger charge is -2.17. The lowest BCUT2D eigenvalue weighted by Crippen LogP contribution is -2.35. The number of aromatic nitrogens is 1. The van der Waals surface area contributed by atoms with Gasteiger partial charge >= 0.3 is 5.97 Å². The number of carboxylic acid groups (broad SMARTS) is 1. The van der Waals surface area contributed by atoms with Gasteiger partial charge in [0.2, 0.25) is 0 Å². The number of carboxylic acids is 1. The first kappa shape index (κ1) is 13.1. The van der Waals surface area contributed by atoms with Crippen molar-refractivity contribution < 1.29 is 14.7 Å². The number of carbonyl (C=O) groups is 2. The van der Waals surface area contributed by atoms with Gasteiger partial charge in [0.1, 0.15) is 12.2 Å². The van der Waals surface area contributed by atoms with Crippen LogP contribution in [0.5, 0.6) is 0 Å². The number of nitrogens with zero attached hydrogens (tertiary/aromatic N) is 1. The lowest BCUT2D eigenvalue weighted by molar-refractivity contribution is -0.137. The molecule has 1 amide bonds. The minimum Gasteiger partial charge on any atom is -0.480 e. The first-order chi connectivity index (χ1) is 9.01. The molecule has 1 aromatic carbocycles. The number of amides is 1. The molecule has 5 heteroatoms. The average Bonchev–Trinajstić information content (AvgIpc) is 2.77. The minimum atomic E-state index is -1.01. The SMILES string of the molecule is CCN(CC(=O)O)C(=O)c1cc2ccc(C)cc2[nH]1. The first-order valence-corrected chi connectivity index (χ1v) is 6.11. The molecule has 0 spiro atoms. The van der Waals surface area contributed by atoms with Crippen molar-refractivity contribution in [1.29, 1.82) is 0 Å². The second-order valence-electron chi connectivity index (χ2n) is 4.49. The summed E-state index contributed by atoms with van der Waals surface area (Å²) in [5.41, 5.74) is 2.41. The molecule has 19 heavy (non-hydrogen) atoms. The van der Waals surface area contributed by atoms with E-state index in [1.807, 2.05) is 25.1 Å². The molecule has 0 atom stereocenters. The number of likely N-dealkylation sites (N-methyl/N-ethyl adjacent to an activating group) is 1. The van der Waals surface area contributed by atoms with E-state index >= 15 is 0 Å². The Kier molecular flexibility index (Phi) is 3.55.